The number of piperidine rings is 1. The van der Waals surface area contributed by atoms with Gasteiger partial charge in [-0.15, -0.1) is 0 Å². The van der Waals surface area contributed by atoms with Gasteiger partial charge in [-0.3, -0.25) is 14.9 Å². The molecule has 0 aromatic heterocycles. The first-order valence-electron chi connectivity index (χ1n) is 5.71. The summed E-state index contributed by atoms with van der Waals surface area (Å²) in [6.45, 7) is 0.883. The average Bonchev–Trinajstić information content (AvgIpc) is 2.38. The van der Waals surface area contributed by atoms with Crippen LogP contribution in [0.1, 0.15) is 12.8 Å². The average molecular weight is 250 g/mol. The van der Waals surface area contributed by atoms with E-state index in [9.17, 15) is 14.9 Å². The molecule has 0 N–H and O–H groups in total. The SMILES string of the molecule is COc1ccc([N+](=O)[O-])c(N2CCCC(=O)C2)c1. The van der Waals surface area contributed by atoms with E-state index in [4.69, 9.17) is 4.74 Å². The van der Waals surface area contributed by atoms with E-state index in [1.807, 2.05) is 0 Å². The monoisotopic (exact) mass is 250 g/mol. The van der Waals surface area contributed by atoms with Gasteiger partial charge < -0.3 is 9.64 Å². The van der Waals surface area contributed by atoms with Crippen molar-refractivity contribution < 1.29 is 14.5 Å². The quantitative estimate of drug-likeness (QED) is 0.604. The fraction of sp³-hybridized carbons (Fsp3) is 0.417. The summed E-state index contributed by atoms with van der Waals surface area (Å²) in [4.78, 5) is 23.7. The molecule has 1 aromatic rings. The van der Waals surface area contributed by atoms with Gasteiger partial charge in [0.1, 0.15) is 11.4 Å². The third-order valence-electron chi connectivity index (χ3n) is 2.97. The van der Waals surface area contributed by atoms with Crippen LogP contribution in [-0.2, 0) is 4.79 Å². The molecule has 1 fully saturated rings. The van der Waals surface area contributed by atoms with Crippen molar-refractivity contribution in [2.75, 3.05) is 25.1 Å². The molecule has 0 amide bonds. The van der Waals surface area contributed by atoms with Crippen molar-refractivity contribution in [3.63, 3.8) is 0 Å². The molecular formula is C12H14N2O4. The highest BCUT2D eigenvalue weighted by Crippen LogP contribution is 2.33. The number of benzene rings is 1. The minimum absolute atomic E-state index is 0.00509. The zero-order valence-corrected chi connectivity index (χ0v) is 10.1. The second kappa shape index (κ2) is 5.03. The summed E-state index contributed by atoms with van der Waals surface area (Å²) in [6.07, 6.45) is 1.28. The fourth-order valence-electron chi connectivity index (χ4n) is 2.08. The van der Waals surface area contributed by atoms with Gasteiger partial charge in [0.25, 0.3) is 5.69 Å². The number of ketones is 1. The zero-order chi connectivity index (χ0) is 13.1. The number of carbonyl (C=O) groups is 1. The molecule has 18 heavy (non-hydrogen) atoms. The smallest absolute Gasteiger partial charge is 0.292 e. The van der Waals surface area contributed by atoms with Gasteiger partial charge in [-0.2, -0.15) is 0 Å². The lowest BCUT2D eigenvalue weighted by Crippen LogP contribution is -2.35. The van der Waals surface area contributed by atoms with E-state index in [2.05, 4.69) is 0 Å². The number of ether oxygens (including phenoxy) is 1. The molecule has 1 heterocycles. The lowest BCUT2D eigenvalue weighted by atomic mass is 10.1. The van der Waals surface area contributed by atoms with Crippen molar-refractivity contribution in [1.29, 1.82) is 0 Å². The molecule has 0 unspecified atom stereocenters. The fourth-order valence-corrected chi connectivity index (χ4v) is 2.08. The van der Waals surface area contributed by atoms with Gasteiger partial charge in [-0.25, -0.2) is 0 Å². The lowest BCUT2D eigenvalue weighted by molar-refractivity contribution is -0.384. The number of anilines is 1. The van der Waals surface area contributed by atoms with E-state index in [1.54, 1.807) is 17.0 Å². The molecule has 0 aliphatic carbocycles. The Labute approximate surface area is 104 Å². The van der Waals surface area contributed by atoms with Crippen LogP contribution in [0.2, 0.25) is 0 Å². The molecular weight excluding hydrogens is 236 g/mol. The van der Waals surface area contributed by atoms with Crippen LogP contribution < -0.4 is 9.64 Å². The summed E-state index contributed by atoms with van der Waals surface area (Å²) in [7, 11) is 1.51. The molecule has 1 aliphatic rings. The predicted octanol–water partition coefficient (Wildman–Crippen LogP) is 1.77. The van der Waals surface area contributed by atoms with Crippen molar-refractivity contribution in [3.8, 4) is 5.75 Å². The number of hydrogen-bond donors (Lipinski definition) is 0. The Bertz CT molecular complexity index is 487. The van der Waals surface area contributed by atoms with Crippen LogP contribution in [-0.4, -0.2) is 30.9 Å². The lowest BCUT2D eigenvalue weighted by Gasteiger charge is -2.27. The molecule has 1 aliphatic heterocycles. The molecule has 0 atom stereocenters. The van der Waals surface area contributed by atoms with Gasteiger partial charge in [0.05, 0.1) is 18.6 Å². The molecule has 0 saturated carbocycles. The molecule has 0 spiro atoms. The highest BCUT2D eigenvalue weighted by Gasteiger charge is 2.24. The maximum atomic E-state index is 11.4. The molecule has 6 heteroatoms. The number of nitro benzene ring substituents is 1. The van der Waals surface area contributed by atoms with Gasteiger partial charge >= 0.3 is 0 Å². The summed E-state index contributed by atoms with van der Waals surface area (Å²) >= 11 is 0. The van der Waals surface area contributed by atoms with Crippen LogP contribution >= 0.6 is 0 Å². The second-order valence-corrected chi connectivity index (χ2v) is 4.18. The Hall–Kier alpha value is -2.11. The van der Waals surface area contributed by atoms with Crippen LogP contribution in [0, 0.1) is 10.1 Å². The van der Waals surface area contributed by atoms with E-state index >= 15 is 0 Å². The van der Waals surface area contributed by atoms with E-state index in [0.29, 0.717) is 24.4 Å². The van der Waals surface area contributed by atoms with Gasteiger partial charge in [0, 0.05) is 25.1 Å². The summed E-state index contributed by atoms with van der Waals surface area (Å²) in [5.74, 6) is 0.659. The first kappa shape index (κ1) is 12.3. The van der Waals surface area contributed by atoms with Crippen LogP contribution in [0.5, 0.6) is 5.75 Å². The largest absolute Gasteiger partial charge is 0.497 e. The molecule has 0 bridgehead atoms. The van der Waals surface area contributed by atoms with Crippen LogP contribution in [0.4, 0.5) is 11.4 Å². The van der Waals surface area contributed by atoms with Crippen molar-refractivity contribution >= 4 is 17.2 Å². The molecule has 96 valence electrons. The number of nitro groups is 1. The van der Waals surface area contributed by atoms with E-state index < -0.39 is 4.92 Å². The Morgan fingerprint density at radius 2 is 2.22 bits per heavy atom. The Morgan fingerprint density at radius 1 is 1.44 bits per heavy atom. The molecule has 6 nitrogen and oxygen atoms in total. The third kappa shape index (κ3) is 2.42. The highest BCUT2D eigenvalue weighted by molar-refractivity contribution is 5.85. The van der Waals surface area contributed by atoms with Crippen LogP contribution in [0.3, 0.4) is 0 Å². The zero-order valence-electron chi connectivity index (χ0n) is 10.1. The van der Waals surface area contributed by atoms with Gasteiger partial charge in [-0.05, 0) is 12.5 Å². The number of rotatable bonds is 3. The summed E-state index contributed by atoms with van der Waals surface area (Å²) in [6, 6.07) is 4.57. The number of methoxy groups -OCH3 is 1. The van der Waals surface area contributed by atoms with Crippen molar-refractivity contribution in [3.05, 3.63) is 28.3 Å². The molecule has 1 aromatic carbocycles. The number of Topliss-reactive ketones (excluding diaryl/α,β-unsaturated/α-hetero) is 1. The number of nitrogens with zero attached hydrogens (tertiary/aromatic N) is 2. The molecule has 0 radical (unpaired) electrons. The second-order valence-electron chi connectivity index (χ2n) is 4.18. The standard InChI is InChI=1S/C12H14N2O4/c1-18-10-4-5-11(14(16)17)12(7-10)13-6-2-3-9(15)8-13/h4-5,7H,2-3,6,8H2,1H3. The Balaban J connectivity index is 2.39. The normalized spacial score (nSPS) is 15.6. The highest BCUT2D eigenvalue weighted by atomic mass is 16.6. The third-order valence-corrected chi connectivity index (χ3v) is 2.97. The predicted molar refractivity (Wildman–Crippen MR) is 66.1 cm³/mol. The van der Waals surface area contributed by atoms with Crippen molar-refractivity contribution in [2.24, 2.45) is 0 Å². The first-order chi connectivity index (χ1) is 8.61. The van der Waals surface area contributed by atoms with Crippen molar-refractivity contribution in [1.82, 2.24) is 0 Å². The number of hydrogen-bond acceptors (Lipinski definition) is 5. The van der Waals surface area contributed by atoms with Crippen LogP contribution in [0.15, 0.2) is 18.2 Å². The van der Waals surface area contributed by atoms with Gasteiger partial charge in [0.2, 0.25) is 0 Å². The maximum Gasteiger partial charge on any atom is 0.292 e. The minimum Gasteiger partial charge on any atom is -0.497 e. The summed E-state index contributed by atoms with van der Waals surface area (Å²) < 4.78 is 5.07. The van der Waals surface area contributed by atoms with E-state index in [1.165, 1.54) is 13.2 Å². The van der Waals surface area contributed by atoms with E-state index in [-0.39, 0.29) is 18.0 Å². The first-order valence-corrected chi connectivity index (χ1v) is 5.71. The van der Waals surface area contributed by atoms with Gasteiger partial charge in [0.15, 0.2) is 5.78 Å². The van der Waals surface area contributed by atoms with Crippen LogP contribution in [0.25, 0.3) is 0 Å². The topological polar surface area (TPSA) is 72.7 Å². The van der Waals surface area contributed by atoms with Gasteiger partial charge in [-0.1, -0.05) is 0 Å². The van der Waals surface area contributed by atoms with Crippen molar-refractivity contribution in [2.45, 2.75) is 12.8 Å². The number of carbonyl (C=O) groups excluding carboxylic acids is 1. The Morgan fingerprint density at radius 3 is 2.83 bits per heavy atom. The maximum absolute atomic E-state index is 11.4. The minimum atomic E-state index is -0.437. The summed E-state index contributed by atoms with van der Waals surface area (Å²) in [5.41, 5.74) is 0.456. The molecule has 1 saturated heterocycles. The molecule has 2 rings (SSSR count). The summed E-state index contributed by atoms with van der Waals surface area (Å²) in [5, 5.41) is 11.0. The van der Waals surface area contributed by atoms with E-state index in [0.717, 1.165) is 6.42 Å². The Kier molecular flexibility index (Phi) is 3.45.